The first kappa shape index (κ1) is 19.0. The predicted octanol–water partition coefficient (Wildman–Crippen LogP) is 3.32. The largest absolute Gasteiger partial charge is 0.444 e. The van der Waals surface area contributed by atoms with Crippen LogP contribution in [-0.2, 0) is 11.8 Å². The molecular weight excluding hydrogens is 380 g/mol. The van der Waals surface area contributed by atoms with E-state index in [1.807, 2.05) is 62.0 Å². The van der Waals surface area contributed by atoms with Crippen LogP contribution in [0.4, 0.5) is 10.5 Å². The summed E-state index contributed by atoms with van der Waals surface area (Å²) in [5.41, 5.74) is 3.92. The number of hydrogen-bond donors (Lipinski definition) is 0. The lowest BCUT2D eigenvalue weighted by Gasteiger charge is -2.42. The monoisotopic (exact) mass is 408 g/mol. The molecule has 158 valence electrons. The fourth-order valence-electron chi connectivity index (χ4n) is 4.71. The maximum atomic E-state index is 12.8. The zero-order valence-corrected chi connectivity index (χ0v) is 17.9. The second-order valence-corrected chi connectivity index (χ2v) is 9.36. The van der Waals surface area contributed by atoms with E-state index < -0.39 is 5.60 Å². The normalized spacial score (nSPS) is 21.5. The highest BCUT2D eigenvalue weighted by Crippen LogP contribution is 2.36. The zero-order valence-electron chi connectivity index (χ0n) is 17.9. The van der Waals surface area contributed by atoms with Crippen molar-refractivity contribution in [3.05, 3.63) is 36.9 Å². The Hall–Kier alpha value is -3.03. The third-order valence-corrected chi connectivity index (χ3v) is 5.95. The van der Waals surface area contributed by atoms with Crippen LogP contribution in [0.25, 0.3) is 16.6 Å². The molecular formula is C22H28N6O2. The molecule has 2 fully saturated rings. The molecule has 2 unspecified atom stereocenters. The van der Waals surface area contributed by atoms with Crippen LogP contribution in [0.5, 0.6) is 0 Å². The summed E-state index contributed by atoms with van der Waals surface area (Å²) < 4.78 is 9.41. The van der Waals surface area contributed by atoms with Gasteiger partial charge in [0.15, 0.2) is 0 Å². The third kappa shape index (κ3) is 3.30. The number of fused-ring (bicyclic) bond motifs is 3. The Balaban J connectivity index is 1.42. The van der Waals surface area contributed by atoms with Crippen molar-refractivity contribution < 1.29 is 9.53 Å². The van der Waals surface area contributed by atoms with Crippen molar-refractivity contribution in [3.63, 3.8) is 0 Å². The molecule has 8 nitrogen and oxygen atoms in total. The summed E-state index contributed by atoms with van der Waals surface area (Å²) in [5, 5.41) is 8.79. The molecule has 2 bridgehead atoms. The van der Waals surface area contributed by atoms with Crippen molar-refractivity contribution in [2.45, 2.75) is 51.3 Å². The molecule has 30 heavy (non-hydrogen) atoms. The van der Waals surface area contributed by atoms with E-state index in [1.54, 1.807) is 4.68 Å². The summed E-state index contributed by atoms with van der Waals surface area (Å²) in [4.78, 5) is 17.1. The van der Waals surface area contributed by atoms with E-state index in [9.17, 15) is 4.79 Å². The average molecular weight is 409 g/mol. The van der Waals surface area contributed by atoms with Crippen molar-refractivity contribution >= 4 is 17.3 Å². The smallest absolute Gasteiger partial charge is 0.410 e. The van der Waals surface area contributed by atoms with Crippen molar-refractivity contribution in [2.24, 2.45) is 7.05 Å². The van der Waals surface area contributed by atoms with Gasteiger partial charge in [0.25, 0.3) is 0 Å². The highest BCUT2D eigenvalue weighted by atomic mass is 16.6. The quantitative estimate of drug-likeness (QED) is 0.651. The number of piperazine rings is 1. The Labute approximate surface area is 176 Å². The van der Waals surface area contributed by atoms with Gasteiger partial charge in [0.2, 0.25) is 0 Å². The van der Waals surface area contributed by atoms with Crippen molar-refractivity contribution in [2.75, 3.05) is 18.0 Å². The van der Waals surface area contributed by atoms with E-state index in [-0.39, 0.29) is 18.2 Å². The van der Waals surface area contributed by atoms with E-state index >= 15 is 0 Å². The van der Waals surface area contributed by atoms with Gasteiger partial charge in [-0.3, -0.25) is 9.58 Å². The Morgan fingerprint density at radius 2 is 1.83 bits per heavy atom. The minimum atomic E-state index is -0.473. The lowest BCUT2D eigenvalue weighted by atomic mass is 10.1. The number of hydrogen-bond acceptors (Lipinski definition) is 5. The van der Waals surface area contributed by atoms with E-state index in [0.717, 1.165) is 48.3 Å². The molecule has 0 saturated carbocycles. The van der Waals surface area contributed by atoms with Crippen LogP contribution in [0, 0.1) is 0 Å². The first-order valence-corrected chi connectivity index (χ1v) is 10.5. The van der Waals surface area contributed by atoms with Gasteiger partial charge in [-0.1, -0.05) is 0 Å². The topological polar surface area (TPSA) is 67.9 Å². The van der Waals surface area contributed by atoms with E-state index in [2.05, 4.69) is 27.2 Å². The van der Waals surface area contributed by atoms with Gasteiger partial charge in [0.05, 0.1) is 29.5 Å². The molecule has 5 heterocycles. The Bertz CT molecular complexity index is 1080. The Kier molecular flexibility index (Phi) is 4.27. The van der Waals surface area contributed by atoms with Gasteiger partial charge in [-0.2, -0.15) is 10.2 Å². The lowest BCUT2D eigenvalue weighted by Crippen LogP contribution is -2.56. The van der Waals surface area contributed by atoms with Crippen LogP contribution in [0.2, 0.25) is 0 Å². The molecule has 0 spiro atoms. The van der Waals surface area contributed by atoms with E-state index in [1.165, 1.54) is 0 Å². The Morgan fingerprint density at radius 1 is 1.10 bits per heavy atom. The van der Waals surface area contributed by atoms with Crippen LogP contribution in [0.1, 0.15) is 33.6 Å². The third-order valence-electron chi connectivity index (χ3n) is 5.95. The molecule has 0 radical (unpaired) electrons. The van der Waals surface area contributed by atoms with Gasteiger partial charge in [-0.15, -0.1) is 0 Å². The molecule has 3 aromatic heterocycles. The van der Waals surface area contributed by atoms with Gasteiger partial charge in [0.1, 0.15) is 5.60 Å². The van der Waals surface area contributed by atoms with Gasteiger partial charge in [-0.25, -0.2) is 9.31 Å². The van der Waals surface area contributed by atoms with Crippen molar-refractivity contribution in [1.82, 2.24) is 24.3 Å². The fourth-order valence-corrected chi connectivity index (χ4v) is 4.71. The number of aromatic nitrogens is 4. The van der Waals surface area contributed by atoms with Gasteiger partial charge >= 0.3 is 6.09 Å². The summed E-state index contributed by atoms with van der Waals surface area (Å²) in [6.07, 6.45) is 9.62. The second-order valence-electron chi connectivity index (χ2n) is 9.36. The van der Waals surface area contributed by atoms with Gasteiger partial charge < -0.3 is 9.64 Å². The lowest BCUT2D eigenvalue weighted by molar-refractivity contribution is 0.0123. The number of anilines is 1. The number of nitrogens with zero attached hydrogens (tertiary/aromatic N) is 6. The molecule has 2 aliphatic rings. The highest BCUT2D eigenvalue weighted by Gasteiger charge is 2.44. The predicted molar refractivity (Wildman–Crippen MR) is 114 cm³/mol. The van der Waals surface area contributed by atoms with Gasteiger partial charge in [0, 0.05) is 49.9 Å². The van der Waals surface area contributed by atoms with Crippen molar-refractivity contribution in [3.8, 4) is 11.1 Å². The number of ether oxygens (including phenoxy) is 1. The molecule has 3 aromatic rings. The summed E-state index contributed by atoms with van der Waals surface area (Å²) in [7, 11) is 1.92. The summed E-state index contributed by atoms with van der Waals surface area (Å²) in [5.74, 6) is 0. The molecule has 5 rings (SSSR count). The van der Waals surface area contributed by atoms with Crippen LogP contribution < -0.4 is 4.90 Å². The zero-order chi connectivity index (χ0) is 21.0. The van der Waals surface area contributed by atoms with Gasteiger partial charge in [-0.05, 0) is 45.7 Å². The maximum absolute atomic E-state index is 12.8. The standard InChI is InChI=1S/C22H28N6O2/c1-22(2,3)30-21(29)28-17-5-6-18(28)14-26(13-17)19-7-8-23-27-12-15(9-20(19)27)16-10-24-25(4)11-16/h7-12,17-18H,5-6,13-14H2,1-4H3. The van der Waals surface area contributed by atoms with Crippen LogP contribution in [0.3, 0.4) is 0 Å². The van der Waals surface area contributed by atoms with Crippen LogP contribution in [-0.4, -0.2) is 61.2 Å². The summed E-state index contributed by atoms with van der Waals surface area (Å²) >= 11 is 0. The average Bonchev–Trinajstić information content (AvgIpc) is 3.35. The molecule has 1 amide bonds. The number of aryl methyl sites for hydroxylation is 1. The molecule has 2 atom stereocenters. The molecule has 0 aliphatic carbocycles. The number of carbonyl (C=O) groups is 1. The highest BCUT2D eigenvalue weighted by molar-refractivity contribution is 5.80. The maximum Gasteiger partial charge on any atom is 0.410 e. The summed E-state index contributed by atoms with van der Waals surface area (Å²) in [6, 6.07) is 4.60. The number of carbonyl (C=O) groups excluding carboxylic acids is 1. The second kappa shape index (κ2) is 6.75. The number of rotatable bonds is 2. The fraction of sp³-hybridized carbons (Fsp3) is 0.500. The molecule has 0 N–H and O–H groups in total. The Morgan fingerprint density at radius 3 is 2.47 bits per heavy atom. The van der Waals surface area contributed by atoms with E-state index in [4.69, 9.17) is 4.74 Å². The first-order valence-electron chi connectivity index (χ1n) is 10.5. The first-order chi connectivity index (χ1) is 14.3. The molecule has 0 aromatic carbocycles. The minimum absolute atomic E-state index is 0.180. The van der Waals surface area contributed by atoms with Crippen LogP contribution >= 0.6 is 0 Å². The minimum Gasteiger partial charge on any atom is -0.444 e. The summed E-state index contributed by atoms with van der Waals surface area (Å²) in [6.45, 7) is 7.38. The molecule has 8 heteroatoms. The van der Waals surface area contributed by atoms with E-state index in [0.29, 0.717) is 0 Å². The van der Waals surface area contributed by atoms with Crippen LogP contribution in [0.15, 0.2) is 36.9 Å². The molecule has 2 saturated heterocycles. The SMILES string of the molecule is Cn1cc(-c2cc3c(N4CC5CCC(C4)N5C(=O)OC(C)(C)C)ccnn3c2)cn1. The number of amides is 1. The van der Waals surface area contributed by atoms with Crippen molar-refractivity contribution in [1.29, 1.82) is 0 Å². The molecule has 2 aliphatic heterocycles.